The van der Waals surface area contributed by atoms with Crippen molar-refractivity contribution in [2.45, 2.75) is 63.6 Å². The Morgan fingerprint density at radius 3 is 2.57 bits per heavy atom. The molecule has 2 bridgehead atoms. The molecule has 11 nitrogen and oxygen atoms in total. The highest BCUT2D eigenvalue weighted by molar-refractivity contribution is 6.36. The number of aromatic nitrogens is 3. The lowest BCUT2D eigenvalue weighted by molar-refractivity contribution is -0.126. The van der Waals surface area contributed by atoms with Crippen molar-refractivity contribution in [2.75, 3.05) is 64.4 Å². The number of hydrogen-bond donors (Lipinski definition) is 0. The van der Waals surface area contributed by atoms with Crippen molar-refractivity contribution in [3.05, 3.63) is 65.6 Å². The van der Waals surface area contributed by atoms with Gasteiger partial charge in [-0.1, -0.05) is 48.0 Å². The van der Waals surface area contributed by atoms with Crippen LogP contribution in [-0.4, -0.2) is 120 Å². The molecule has 284 valence electrons. The number of anilines is 1. The van der Waals surface area contributed by atoms with Gasteiger partial charge in [0.05, 0.1) is 24.7 Å². The molecular weight excluding hydrogens is 714 g/mol. The fraction of sp³-hybridized carbons (Fsp3) is 0.475. The van der Waals surface area contributed by atoms with Gasteiger partial charge in [-0.3, -0.25) is 19.6 Å². The van der Waals surface area contributed by atoms with Crippen molar-refractivity contribution in [3.63, 3.8) is 0 Å². The number of hydrogen-bond acceptors (Lipinski definition) is 10. The van der Waals surface area contributed by atoms with Gasteiger partial charge in [0.1, 0.15) is 29.4 Å². The van der Waals surface area contributed by atoms with Crippen molar-refractivity contribution in [2.24, 2.45) is 0 Å². The standard InChI is InChI=1S/C31H30ClFN6O3.C7H12FN.C2H3N/c1-41-31-35-29-22(17-34-28(27(29)33)21-7-2-5-19-6-3-8-23(32)26(19)21)30(36-31)38-15-13-37(14-16-38)24(40)9-4-12-39-18-20-10-11-25(39)42-20;8-6-4-7-2-1-3-9(7)5-6;1-2-3/h2-9,17,20,25H,10-16,18H2,1H3;6-7H,1-5H2;1H3/b9-4+;;. The number of amides is 1. The molecule has 4 aromatic rings. The summed E-state index contributed by atoms with van der Waals surface area (Å²) in [6.07, 6.45) is 10.7. The molecule has 5 aliphatic heterocycles. The van der Waals surface area contributed by atoms with E-state index in [-0.39, 0.29) is 29.4 Å². The van der Waals surface area contributed by atoms with Gasteiger partial charge in [0.25, 0.3) is 0 Å². The van der Waals surface area contributed by atoms with Gasteiger partial charge >= 0.3 is 6.01 Å². The molecule has 1 amide bonds. The van der Waals surface area contributed by atoms with Gasteiger partial charge in [-0.15, -0.1) is 0 Å². The predicted molar refractivity (Wildman–Crippen MR) is 205 cm³/mol. The van der Waals surface area contributed by atoms with Crippen LogP contribution in [-0.2, 0) is 9.53 Å². The Hall–Kier alpha value is -4.48. The van der Waals surface area contributed by atoms with Crippen LogP contribution in [0, 0.1) is 17.1 Å². The molecule has 0 N–H and O–H groups in total. The number of alkyl halides is 1. The van der Waals surface area contributed by atoms with E-state index in [0.717, 1.165) is 43.1 Å². The van der Waals surface area contributed by atoms with Crippen molar-refractivity contribution >= 4 is 45.0 Å². The first-order chi connectivity index (χ1) is 26.3. The maximum atomic E-state index is 16.2. The van der Waals surface area contributed by atoms with Crippen LogP contribution >= 0.6 is 11.6 Å². The van der Waals surface area contributed by atoms with E-state index in [0.29, 0.717) is 73.2 Å². The number of piperazine rings is 1. The first-order valence-electron chi connectivity index (χ1n) is 18.6. The molecule has 2 aromatic carbocycles. The summed E-state index contributed by atoms with van der Waals surface area (Å²) in [7, 11) is 1.46. The van der Waals surface area contributed by atoms with Gasteiger partial charge in [-0.2, -0.15) is 15.2 Å². The molecule has 54 heavy (non-hydrogen) atoms. The third-order valence-corrected chi connectivity index (χ3v) is 11.1. The maximum absolute atomic E-state index is 16.2. The molecule has 0 saturated carbocycles. The summed E-state index contributed by atoms with van der Waals surface area (Å²) in [5.74, 6) is -0.0638. The number of fused-ring (bicyclic) bond motifs is 5. The van der Waals surface area contributed by atoms with Crippen LogP contribution in [0.1, 0.15) is 39.0 Å². The van der Waals surface area contributed by atoms with E-state index in [1.807, 2.05) is 40.1 Å². The Morgan fingerprint density at radius 2 is 1.87 bits per heavy atom. The van der Waals surface area contributed by atoms with E-state index in [2.05, 4.69) is 24.8 Å². The van der Waals surface area contributed by atoms with Crippen molar-refractivity contribution in [3.8, 4) is 23.3 Å². The highest BCUT2D eigenvalue weighted by Crippen LogP contribution is 2.37. The predicted octanol–water partition coefficient (Wildman–Crippen LogP) is 6.39. The molecule has 5 aliphatic rings. The lowest BCUT2D eigenvalue weighted by Gasteiger charge is -2.35. The molecule has 4 unspecified atom stereocenters. The summed E-state index contributed by atoms with van der Waals surface area (Å²) < 4.78 is 40.0. The highest BCUT2D eigenvalue weighted by Gasteiger charge is 2.38. The number of nitrogens with zero attached hydrogens (tertiary/aromatic N) is 8. The zero-order valence-electron chi connectivity index (χ0n) is 30.6. The number of likely N-dealkylation sites (tertiary alicyclic amines) is 1. The highest BCUT2D eigenvalue weighted by atomic mass is 35.5. The molecule has 5 fully saturated rings. The number of pyridine rings is 1. The van der Waals surface area contributed by atoms with Crippen LogP contribution in [0.5, 0.6) is 6.01 Å². The molecule has 0 spiro atoms. The number of carbonyl (C=O) groups is 1. The summed E-state index contributed by atoms with van der Waals surface area (Å²) >= 11 is 6.52. The largest absolute Gasteiger partial charge is 0.467 e. The summed E-state index contributed by atoms with van der Waals surface area (Å²) in [5, 5.41) is 9.93. The number of rotatable bonds is 6. The quantitative estimate of drug-likeness (QED) is 0.205. The molecule has 0 radical (unpaired) electrons. The lowest BCUT2D eigenvalue weighted by atomic mass is 10.0. The van der Waals surface area contributed by atoms with Crippen LogP contribution in [0.15, 0.2) is 54.7 Å². The van der Waals surface area contributed by atoms with E-state index in [1.165, 1.54) is 26.9 Å². The fourth-order valence-electron chi connectivity index (χ4n) is 8.25. The first kappa shape index (κ1) is 37.8. The Bertz CT molecular complexity index is 2040. The number of carbonyl (C=O) groups excluding carboxylic acids is 1. The molecule has 9 rings (SSSR count). The molecule has 0 aliphatic carbocycles. The van der Waals surface area contributed by atoms with Gasteiger partial charge in [0, 0.05) is 87.0 Å². The third-order valence-electron chi connectivity index (χ3n) is 10.8. The molecule has 7 heterocycles. The number of nitriles is 1. The lowest BCUT2D eigenvalue weighted by Crippen LogP contribution is -2.48. The minimum atomic E-state index is -0.572. The Labute approximate surface area is 319 Å². The van der Waals surface area contributed by atoms with Crippen LogP contribution in [0.4, 0.5) is 14.6 Å². The number of methoxy groups -OCH3 is 1. The van der Waals surface area contributed by atoms with E-state index < -0.39 is 12.0 Å². The van der Waals surface area contributed by atoms with E-state index in [1.54, 1.807) is 30.5 Å². The van der Waals surface area contributed by atoms with Crippen molar-refractivity contribution < 1.29 is 23.0 Å². The van der Waals surface area contributed by atoms with Gasteiger partial charge in [-0.25, -0.2) is 8.78 Å². The topological polar surface area (TPSA) is 111 Å². The zero-order chi connectivity index (χ0) is 37.8. The van der Waals surface area contributed by atoms with Gasteiger partial charge in [0.2, 0.25) is 5.91 Å². The monoisotopic (exact) mass is 758 g/mol. The smallest absolute Gasteiger partial charge is 0.318 e. The molecule has 2 aromatic heterocycles. The van der Waals surface area contributed by atoms with E-state index in [4.69, 9.17) is 26.3 Å². The second-order valence-electron chi connectivity index (χ2n) is 14.2. The number of ether oxygens (including phenoxy) is 2. The maximum Gasteiger partial charge on any atom is 0.318 e. The van der Waals surface area contributed by atoms with Crippen LogP contribution < -0.4 is 9.64 Å². The van der Waals surface area contributed by atoms with Crippen molar-refractivity contribution in [1.29, 1.82) is 5.26 Å². The Balaban J connectivity index is 0.000000320. The summed E-state index contributed by atoms with van der Waals surface area (Å²) in [4.78, 5) is 34.7. The molecular formula is C40H45ClF2N8O3. The SMILES string of the molecule is CC#N.COc1nc(N2CCN(C(=O)/C=C/CN3CC4CCC3O4)CC2)c2cnc(-c3cccc4cccc(Cl)c34)c(F)c2n1.FC1CC2CCCN2C1. The van der Waals surface area contributed by atoms with Crippen LogP contribution in [0.2, 0.25) is 5.02 Å². The number of halogens is 3. The average Bonchev–Trinajstić information content (AvgIpc) is 3.99. The average molecular weight is 759 g/mol. The molecule has 4 atom stereocenters. The fourth-order valence-corrected chi connectivity index (χ4v) is 8.54. The van der Waals surface area contributed by atoms with E-state index in [9.17, 15) is 9.18 Å². The Kier molecular flexibility index (Phi) is 11.8. The third kappa shape index (κ3) is 7.98. The van der Waals surface area contributed by atoms with Crippen LogP contribution in [0.25, 0.3) is 32.9 Å². The molecule has 5 saturated heterocycles. The number of piperidine rings is 1. The van der Waals surface area contributed by atoms with Gasteiger partial charge in [0.15, 0.2) is 5.82 Å². The second-order valence-corrected chi connectivity index (χ2v) is 14.6. The van der Waals surface area contributed by atoms with E-state index >= 15 is 4.39 Å². The minimum absolute atomic E-state index is 0.0175. The Morgan fingerprint density at radius 1 is 1.09 bits per heavy atom. The van der Waals surface area contributed by atoms with Crippen LogP contribution in [0.3, 0.4) is 0 Å². The number of benzene rings is 2. The van der Waals surface area contributed by atoms with Crippen molar-refractivity contribution in [1.82, 2.24) is 29.7 Å². The summed E-state index contributed by atoms with van der Waals surface area (Å²) in [6.45, 7) is 7.02. The summed E-state index contributed by atoms with van der Waals surface area (Å²) in [5.41, 5.74) is 0.858. The van der Waals surface area contributed by atoms with Gasteiger partial charge in [-0.05, 0) is 50.1 Å². The normalized spacial score (nSPS) is 23.6. The summed E-state index contributed by atoms with van der Waals surface area (Å²) in [6, 6.07) is 13.6. The second kappa shape index (κ2) is 16.9. The zero-order valence-corrected chi connectivity index (χ0v) is 31.4. The van der Waals surface area contributed by atoms with Gasteiger partial charge < -0.3 is 19.3 Å². The molecule has 14 heteroatoms. The minimum Gasteiger partial charge on any atom is -0.467 e. The first-order valence-corrected chi connectivity index (χ1v) is 19.0.